The first kappa shape index (κ1) is 17.3. The molecule has 2 aromatic carbocycles. The first-order chi connectivity index (χ1) is 11.0. The zero-order valence-electron chi connectivity index (χ0n) is 12.9. The van der Waals surface area contributed by atoms with Crippen molar-refractivity contribution in [3.63, 3.8) is 0 Å². The Bertz CT molecular complexity index is 732. The maximum absolute atomic E-state index is 12.0. The highest BCUT2D eigenvalue weighted by molar-refractivity contribution is 14.1. The van der Waals surface area contributed by atoms with Gasteiger partial charge in [0.2, 0.25) is 0 Å². The number of hydrazine groups is 1. The summed E-state index contributed by atoms with van der Waals surface area (Å²) in [5.74, 6) is -0.145. The van der Waals surface area contributed by atoms with E-state index in [2.05, 4.69) is 33.4 Å². The largest absolute Gasteiger partial charge is 0.483 e. The number of ether oxygens (including phenoxy) is 1. The number of hydrogen-bond acceptors (Lipinski definition) is 3. The molecular formula is C17H17IN2O3. The number of aryl methyl sites for hydroxylation is 2. The number of carbonyl (C=O) groups is 2. The smallest absolute Gasteiger partial charge is 0.276 e. The van der Waals surface area contributed by atoms with E-state index >= 15 is 0 Å². The minimum Gasteiger partial charge on any atom is -0.483 e. The van der Waals surface area contributed by atoms with E-state index in [-0.39, 0.29) is 12.5 Å². The fraction of sp³-hybridized carbons (Fsp3) is 0.176. The molecule has 0 aliphatic rings. The molecule has 0 unspecified atom stereocenters. The molecule has 2 amide bonds. The zero-order valence-corrected chi connectivity index (χ0v) is 15.0. The Morgan fingerprint density at radius 1 is 1.09 bits per heavy atom. The van der Waals surface area contributed by atoms with Gasteiger partial charge in [-0.1, -0.05) is 29.8 Å². The van der Waals surface area contributed by atoms with Gasteiger partial charge in [-0.2, -0.15) is 0 Å². The molecule has 6 heteroatoms. The molecule has 0 saturated heterocycles. The van der Waals surface area contributed by atoms with Crippen molar-refractivity contribution in [3.8, 4) is 5.75 Å². The van der Waals surface area contributed by atoms with Crippen LogP contribution < -0.4 is 15.6 Å². The van der Waals surface area contributed by atoms with Crippen LogP contribution in [0.15, 0.2) is 42.5 Å². The van der Waals surface area contributed by atoms with Crippen LogP contribution >= 0.6 is 22.6 Å². The molecule has 2 aromatic rings. The fourth-order valence-electron chi connectivity index (χ4n) is 1.98. The summed E-state index contributed by atoms with van der Waals surface area (Å²) in [5.41, 5.74) is 7.31. The van der Waals surface area contributed by atoms with Crippen molar-refractivity contribution in [2.45, 2.75) is 13.8 Å². The third-order valence-electron chi connectivity index (χ3n) is 3.12. The van der Waals surface area contributed by atoms with Crippen molar-refractivity contribution >= 4 is 34.4 Å². The van der Waals surface area contributed by atoms with Crippen LogP contribution in [-0.4, -0.2) is 18.4 Å². The molecule has 2 N–H and O–H groups in total. The van der Waals surface area contributed by atoms with Crippen LogP contribution in [0, 0.1) is 17.4 Å². The molecule has 0 fully saturated rings. The first-order valence-corrected chi connectivity index (χ1v) is 8.09. The molecule has 0 atom stereocenters. The Hall–Kier alpha value is -2.09. The molecule has 0 spiro atoms. The summed E-state index contributed by atoms with van der Waals surface area (Å²) in [6.45, 7) is 3.74. The van der Waals surface area contributed by atoms with Gasteiger partial charge >= 0.3 is 0 Å². The van der Waals surface area contributed by atoms with Gasteiger partial charge in [-0.15, -0.1) is 0 Å². The molecule has 0 aromatic heterocycles. The lowest BCUT2D eigenvalue weighted by Crippen LogP contribution is -2.44. The molecule has 120 valence electrons. The average molecular weight is 424 g/mol. The Labute approximate surface area is 148 Å². The lowest BCUT2D eigenvalue weighted by atomic mass is 10.1. The molecule has 5 nitrogen and oxygen atoms in total. The van der Waals surface area contributed by atoms with E-state index in [1.54, 1.807) is 12.1 Å². The second-order valence-electron chi connectivity index (χ2n) is 5.04. The van der Waals surface area contributed by atoms with Gasteiger partial charge in [0, 0.05) is 3.57 Å². The quantitative estimate of drug-likeness (QED) is 0.586. The van der Waals surface area contributed by atoms with E-state index in [0.717, 1.165) is 14.7 Å². The summed E-state index contributed by atoms with van der Waals surface area (Å²) in [7, 11) is 0. The van der Waals surface area contributed by atoms with Crippen LogP contribution in [0.2, 0.25) is 0 Å². The highest BCUT2D eigenvalue weighted by Gasteiger charge is 2.10. The monoisotopic (exact) mass is 424 g/mol. The molecule has 0 radical (unpaired) electrons. The van der Waals surface area contributed by atoms with Crippen molar-refractivity contribution in [2.24, 2.45) is 0 Å². The van der Waals surface area contributed by atoms with Crippen molar-refractivity contribution < 1.29 is 14.3 Å². The molecule has 0 saturated carbocycles. The van der Waals surface area contributed by atoms with Crippen molar-refractivity contribution in [2.75, 3.05) is 6.61 Å². The molecular weight excluding hydrogens is 407 g/mol. The van der Waals surface area contributed by atoms with Crippen LogP contribution in [0.25, 0.3) is 0 Å². The third-order valence-corrected chi connectivity index (χ3v) is 4.06. The lowest BCUT2D eigenvalue weighted by Gasteiger charge is -2.11. The number of carbonyl (C=O) groups excluding carboxylic acids is 2. The van der Waals surface area contributed by atoms with Crippen LogP contribution in [0.5, 0.6) is 5.75 Å². The van der Waals surface area contributed by atoms with Gasteiger partial charge in [-0.3, -0.25) is 20.4 Å². The lowest BCUT2D eigenvalue weighted by molar-refractivity contribution is -0.123. The Balaban J connectivity index is 1.83. The van der Waals surface area contributed by atoms with E-state index in [1.807, 2.05) is 44.2 Å². The number of hydrogen-bond donors (Lipinski definition) is 2. The summed E-state index contributed by atoms with van der Waals surface area (Å²) in [6, 6.07) is 12.8. The fourth-order valence-corrected chi connectivity index (χ4v) is 2.61. The maximum atomic E-state index is 12.0. The van der Waals surface area contributed by atoms with Gasteiger partial charge in [0.25, 0.3) is 11.8 Å². The van der Waals surface area contributed by atoms with Gasteiger partial charge in [0.1, 0.15) is 5.75 Å². The average Bonchev–Trinajstić information content (AvgIpc) is 2.52. The van der Waals surface area contributed by atoms with E-state index in [1.165, 1.54) is 0 Å². The summed E-state index contributed by atoms with van der Waals surface area (Å²) in [4.78, 5) is 23.7. The Kier molecular flexibility index (Phi) is 5.97. The van der Waals surface area contributed by atoms with Crippen LogP contribution in [0.3, 0.4) is 0 Å². The SMILES string of the molecule is Cc1ccc(OCC(=O)NNC(=O)c2ccccc2I)c(C)c1. The van der Waals surface area contributed by atoms with Crippen molar-refractivity contribution in [3.05, 3.63) is 62.7 Å². The van der Waals surface area contributed by atoms with Gasteiger partial charge in [0.15, 0.2) is 6.61 Å². The van der Waals surface area contributed by atoms with Gasteiger partial charge in [-0.05, 0) is 60.2 Å². The number of amides is 2. The summed E-state index contributed by atoms with van der Waals surface area (Å²) in [5, 5.41) is 0. The van der Waals surface area contributed by atoms with Crippen LogP contribution in [-0.2, 0) is 4.79 Å². The van der Waals surface area contributed by atoms with E-state index < -0.39 is 5.91 Å². The van der Waals surface area contributed by atoms with Crippen molar-refractivity contribution in [1.82, 2.24) is 10.9 Å². The van der Waals surface area contributed by atoms with E-state index in [0.29, 0.717) is 11.3 Å². The van der Waals surface area contributed by atoms with Gasteiger partial charge in [0.05, 0.1) is 5.56 Å². The second-order valence-corrected chi connectivity index (χ2v) is 6.20. The zero-order chi connectivity index (χ0) is 16.8. The molecule has 0 bridgehead atoms. The second kappa shape index (κ2) is 7.96. The van der Waals surface area contributed by atoms with E-state index in [9.17, 15) is 9.59 Å². The molecule has 0 aliphatic heterocycles. The molecule has 23 heavy (non-hydrogen) atoms. The minimum atomic E-state index is -0.427. The highest BCUT2D eigenvalue weighted by atomic mass is 127. The van der Waals surface area contributed by atoms with Gasteiger partial charge in [-0.25, -0.2) is 0 Å². The van der Waals surface area contributed by atoms with Crippen molar-refractivity contribution in [1.29, 1.82) is 0 Å². The van der Waals surface area contributed by atoms with E-state index in [4.69, 9.17) is 4.74 Å². The number of halogens is 1. The number of nitrogens with one attached hydrogen (secondary N) is 2. The summed E-state index contributed by atoms with van der Waals surface area (Å²) < 4.78 is 6.26. The normalized spacial score (nSPS) is 10.0. The predicted molar refractivity (Wildman–Crippen MR) is 96.2 cm³/mol. The summed E-state index contributed by atoms with van der Waals surface area (Å²) >= 11 is 2.06. The first-order valence-electron chi connectivity index (χ1n) is 7.01. The number of rotatable bonds is 4. The predicted octanol–water partition coefficient (Wildman–Crippen LogP) is 2.75. The molecule has 0 heterocycles. The number of benzene rings is 2. The topological polar surface area (TPSA) is 67.4 Å². The molecule has 2 rings (SSSR count). The third kappa shape index (κ3) is 4.95. The summed E-state index contributed by atoms with van der Waals surface area (Å²) in [6.07, 6.45) is 0. The maximum Gasteiger partial charge on any atom is 0.276 e. The Morgan fingerprint density at radius 2 is 1.83 bits per heavy atom. The van der Waals surface area contributed by atoms with Crippen LogP contribution in [0.1, 0.15) is 21.5 Å². The van der Waals surface area contributed by atoms with Crippen LogP contribution in [0.4, 0.5) is 0 Å². The highest BCUT2D eigenvalue weighted by Crippen LogP contribution is 2.18. The Morgan fingerprint density at radius 3 is 2.52 bits per heavy atom. The van der Waals surface area contributed by atoms with Gasteiger partial charge < -0.3 is 4.74 Å². The standard InChI is InChI=1S/C17H17IN2O3/c1-11-7-8-15(12(2)9-11)23-10-16(21)19-20-17(22)13-5-3-4-6-14(13)18/h3-9H,10H2,1-2H3,(H,19,21)(H,20,22). The molecule has 0 aliphatic carbocycles. The minimum absolute atomic E-state index is 0.171.